The van der Waals surface area contributed by atoms with Crippen LogP contribution in [0.2, 0.25) is 0 Å². The summed E-state index contributed by atoms with van der Waals surface area (Å²) in [6, 6.07) is 3.59. The molecule has 0 aromatic heterocycles. The second-order valence-electron chi connectivity index (χ2n) is 11.0. The number of rotatable bonds is 14. The molecule has 9 heteroatoms. The Labute approximate surface area is 233 Å². The van der Waals surface area contributed by atoms with Crippen LogP contribution in [0.1, 0.15) is 95.6 Å². The molecule has 3 atom stereocenters. The highest BCUT2D eigenvalue weighted by atomic mass is 31.2. The lowest BCUT2D eigenvalue weighted by Gasteiger charge is -2.33. The number of hydrogen-bond acceptors (Lipinski definition) is 7. The van der Waals surface area contributed by atoms with E-state index >= 15 is 0 Å². The van der Waals surface area contributed by atoms with Crippen LogP contribution in [0.15, 0.2) is 35.9 Å². The summed E-state index contributed by atoms with van der Waals surface area (Å²) < 4.78 is 34.2. The first-order valence-corrected chi connectivity index (χ1v) is 15.6. The van der Waals surface area contributed by atoms with E-state index in [2.05, 4.69) is 26.5 Å². The fourth-order valence-electron chi connectivity index (χ4n) is 5.67. The Bertz CT molecular complexity index is 1090. The van der Waals surface area contributed by atoms with Gasteiger partial charge in [-0.25, -0.2) is 9.36 Å². The summed E-state index contributed by atoms with van der Waals surface area (Å²) in [5.74, 6) is -0.556. The van der Waals surface area contributed by atoms with E-state index in [4.69, 9.17) is 18.5 Å². The number of methoxy groups -OCH3 is 1. The van der Waals surface area contributed by atoms with Gasteiger partial charge in [-0.1, -0.05) is 43.6 Å². The van der Waals surface area contributed by atoms with E-state index in [1.54, 1.807) is 6.07 Å². The van der Waals surface area contributed by atoms with Gasteiger partial charge in [-0.3, -0.25) is 9.05 Å². The van der Waals surface area contributed by atoms with Gasteiger partial charge < -0.3 is 19.5 Å². The molecule has 1 aromatic rings. The Balaban J connectivity index is 2.00. The molecule has 0 heterocycles. The maximum absolute atomic E-state index is 13.8. The molecule has 0 spiro atoms. The fraction of sp³-hybridized carbons (Fsp3) is 0.633. The van der Waals surface area contributed by atoms with Crippen molar-refractivity contribution in [3.05, 3.63) is 47.1 Å². The molecule has 8 nitrogen and oxygen atoms in total. The summed E-state index contributed by atoms with van der Waals surface area (Å²) >= 11 is 0. The minimum atomic E-state index is -4.55. The molecule has 39 heavy (non-hydrogen) atoms. The van der Waals surface area contributed by atoms with Gasteiger partial charge in [-0.15, -0.1) is 0 Å². The number of aryl methyl sites for hydroxylation is 1. The van der Waals surface area contributed by atoms with E-state index in [0.717, 1.165) is 49.7 Å². The number of aromatic hydroxyl groups is 1. The van der Waals surface area contributed by atoms with Gasteiger partial charge >= 0.3 is 13.8 Å². The summed E-state index contributed by atoms with van der Waals surface area (Å²) in [4.78, 5) is 24.1. The molecule has 2 aliphatic carbocycles. The third kappa shape index (κ3) is 8.27. The Morgan fingerprint density at radius 3 is 2.56 bits per heavy atom. The summed E-state index contributed by atoms with van der Waals surface area (Å²) in [6.07, 6.45) is 9.48. The number of phenolic OH excluding ortho intramolecular Hbond substituents is 1. The van der Waals surface area contributed by atoms with Gasteiger partial charge in [-0.2, -0.15) is 0 Å². The van der Waals surface area contributed by atoms with E-state index in [9.17, 15) is 19.4 Å². The van der Waals surface area contributed by atoms with Crippen LogP contribution in [0.25, 0.3) is 0 Å². The van der Waals surface area contributed by atoms with Gasteiger partial charge in [0.1, 0.15) is 11.5 Å². The van der Waals surface area contributed by atoms with E-state index < -0.39 is 19.4 Å². The normalized spacial score (nSPS) is 22.2. The molecule has 1 fully saturated rings. The van der Waals surface area contributed by atoms with Crippen LogP contribution in [0.3, 0.4) is 0 Å². The monoisotopic (exact) mass is 564 g/mol. The van der Waals surface area contributed by atoms with Gasteiger partial charge in [0.15, 0.2) is 5.60 Å². The maximum Gasteiger partial charge on any atom is 0.473 e. The van der Waals surface area contributed by atoms with Crippen molar-refractivity contribution in [2.45, 2.75) is 96.5 Å². The number of phenols is 1. The van der Waals surface area contributed by atoms with Crippen molar-refractivity contribution in [3.8, 4) is 11.5 Å². The van der Waals surface area contributed by atoms with Crippen LogP contribution in [0.4, 0.5) is 0 Å². The van der Waals surface area contributed by atoms with Crippen molar-refractivity contribution in [3.63, 3.8) is 0 Å². The highest BCUT2D eigenvalue weighted by molar-refractivity contribution is 7.47. The molecule has 1 unspecified atom stereocenters. The predicted octanol–water partition coefficient (Wildman–Crippen LogP) is 7.14. The lowest BCUT2D eigenvalue weighted by molar-refractivity contribution is -0.153. The lowest BCUT2D eigenvalue weighted by atomic mass is 9.73. The van der Waals surface area contributed by atoms with Crippen molar-refractivity contribution >= 4 is 13.8 Å². The number of carbonyl (C=O) groups is 1. The van der Waals surface area contributed by atoms with E-state index in [1.165, 1.54) is 12.7 Å². The molecule has 0 amide bonds. The minimum absolute atomic E-state index is 0.0751. The van der Waals surface area contributed by atoms with Crippen LogP contribution in [0, 0.1) is 5.92 Å². The number of esters is 1. The van der Waals surface area contributed by atoms with Gasteiger partial charge in [-0.05, 0) is 88.8 Å². The molecule has 3 rings (SSSR count). The predicted molar refractivity (Wildman–Crippen MR) is 151 cm³/mol. The van der Waals surface area contributed by atoms with Crippen LogP contribution < -0.4 is 4.74 Å². The fourth-order valence-corrected chi connectivity index (χ4v) is 6.73. The molecule has 0 bridgehead atoms. The van der Waals surface area contributed by atoms with Crippen LogP contribution in [0.5, 0.6) is 11.5 Å². The zero-order chi connectivity index (χ0) is 28.6. The third-order valence-corrected chi connectivity index (χ3v) is 8.87. The number of hydrogen-bond donors (Lipinski definition) is 2. The average Bonchev–Trinajstić information content (AvgIpc) is 3.33. The second-order valence-corrected chi connectivity index (χ2v) is 12.4. The highest BCUT2D eigenvalue weighted by Gasteiger charge is 2.50. The number of ether oxygens (including phenoxy) is 2. The van der Waals surface area contributed by atoms with E-state index in [0.29, 0.717) is 18.4 Å². The molecule has 0 radical (unpaired) electrons. The first kappa shape index (κ1) is 31.6. The molecular weight excluding hydrogens is 519 g/mol. The Morgan fingerprint density at radius 1 is 1.21 bits per heavy atom. The Morgan fingerprint density at radius 2 is 1.92 bits per heavy atom. The molecule has 2 N–H and O–H groups in total. The molecule has 0 aliphatic heterocycles. The van der Waals surface area contributed by atoms with Gasteiger partial charge in [0, 0.05) is 18.6 Å². The SMILES string of the molecule is C=C(C)[C@@H]1CCC(C)=C[C@H]1c1c(O)cc(CCCCC)cc1OC(=O)C1(OP(=O)(O)OCCOC)CCCC1. The van der Waals surface area contributed by atoms with Crippen molar-refractivity contribution < 1.29 is 37.9 Å². The molecule has 1 aromatic carbocycles. The van der Waals surface area contributed by atoms with Crippen molar-refractivity contribution in [1.29, 1.82) is 0 Å². The number of phosphoric ester groups is 1. The van der Waals surface area contributed by atoms with Gasteiger partial charge in [0.2, 0.25) is 0 Å². The molecule has 218 valence electrons. The van der Waals surface area contributed by atoms with Gasteiger partial charge in [0.25, 0.3) is 0 Å². The first-order valence-electron chi connectivity index (χ1n) is 14.1. The second kappa shape index (κ2) is 14.1. The maximum atomic E-state index is 13.8. The molecule has 1 saturated carbocycles. The van der Waals surface area contributed by atoms with E-state index in [1.807, 2.05) is 13.0 Å². The number of carbonyl (C=O) groups excluding carboxylic acids is 1. The van der Waals surface area contributed by atoms with Crippen molar-refractivity contribution in [2.75, 3.05) is 20.3 Å². The minimum Gasteiger partial charge on any atom is -0.507 e. The van der Waals surface area contributed by atoms with Crippen LogP contribution in [-0.2, 0) is 29.6 Å². The summed E-state index contributed by atoms with van der Waals surface area (Å²) in [6.45, 7) is 10.3. The molecule has 2 aliphatic rings. The average molecular weight is 565 g/mol. The van der Waals surface area contributed by atoms with Crippen LogP contribution in [-0.4, -0.2) is 41.9 Å². The van der Waals surface area contributed by atoms with Crippen LogP contribution >= 0.6 is 7.82 Å². The summed E-state index contributed by atoms with van der Waals surface area (Å²) in [7, 11) is -3.10. The van der Waals surface area contributed by atoms with Crippen molar-refractivity contribution in [2.24, 2.45) is 5.92 Å². The number of phosphoric acid groups is 1. The number of benzene rings is 1. The smallest absolute Gasteiger partial charge is 0.473 e. The molecular formula is C30H45O8P. The zero-order valence-electron chi connectivity index (χ0n) is 23.9. The Kier molecular flexibility index (Phi) is 11.4. The topological polar surface area (TPSA) is 112 Å². The zero-order valence-corrected chi connectivity index (χ0v) is 24.8. The quantitative estimate of drug-likeness (QED) is 0.0806. The molecule has 0 saturated heterocycles. The largest absolute Gasteiger partial charge is 0.507 e. The van der Waals surface area contributed by atoms with Gasteiger partial charge in [0.05, 0.1) is 13.2 Å². The van der Waals surface area contributed by atoms with E-state index in [-0.39, 0.29) is 49.4 Å². The summed E-state index contributed by atoms with van der Waals surface area (Å²) in [5.41, 5.74) is 1.98. The number of unbranched alkanes of at least 4 members (excludes halogenated alkanes) is 2. The third-order valence-electron chi connectivity index (χ3n) is 7.78. The standard InChI is InChI=1S/C30H45O8P/c1-6-7-8-11-23-19-26(31)28(25-18-22(4)12-13-24(25)21(2)3)27(20-23)37-29(32)30(14-9-10-15-30)38-39(33,34)36-17-16-35-5/h18-20,24-25,31H,2,6-17H2,1,3-5H3,(H,33,34)/t24-,25+/m0/s1. The number of allylic oxidation sites excluding steroid dienone is 3. The highest BCUT2D eigenvalue weighted by Crippen LogP contribution is 2.53. The van der Waals surface area contributed by atoms with Crippen molar-refractivity contribution in [1.82, 2.24) is 0 Å². The Hall–Kier alpha value is -1.96. The first-order chi connectivity index (χ1) is 18.5. The lowest BCUT2D eigenvalue weighted by Crippen LogP contribution is -2.41. The summed E-state index contributed by atoms with van der Waals surface area (Å²) in [5, 5.41) is 11.3.